The van der Waals surface area contributed by atoms with E-state index in [0.717, 1.165) is 16.8 Å². The Kier molecular flexibility index (Phi) is 4.78. The number of benzene rings is 1. The van der Waals surface area contributed by atoms with Gasteiger partial charge in [0.2, 0.25) is 5.91 Å². The van der Waals surface area contributed by atoms with Crippen LogP contribution in [0, 0.1) is 37.8 Å². The Hall–Kier alpha value is -2.70. The zero-order valence-corrected chi connectivity index (χ0v) is 13.7. The molecule has 122 valence electrons. The van der Waals surface area contributed by atoms with Crippen molar-refractivity contribution >= 4 is 17.3 Å². The van der Waals surface area contributed by atoms with Gasteiger partial charge in [-0.25, -0.2) is 0 Å². The molecule has 1 amide bonds. The van der Waals surface area contributed by atoms with Crippen molar-refractivity contribution < 1.29 is 9.72 Å². The molecule has 23 heavy (non-hydrogen) atoms. The van der Waals surface area contributed by atoms with Crippen LogP contribution in [0.1, 0.15) is 28.9 Å². The molecule has 0 aliphatic heterocycles. The number of rotatable bonds is 5. The van der Waals surface area contributed by atoms with E-state index < -0.39 is 4.92 Å². The van der Waals surface area contributed by atoms with Crippen LogP contribution in [-0.4, -0.2) is 20.6 Å². The fourth-order valence-corrected chi connectivity index (χ4v) is 2.59. The first-order chi connectivity index (χ1) is 10.8. The minimum atomic E-state index is -0.440. The summed E-state index contributed by atoms with van der Waals surface area (Å²) in [5.74, 6) is -0.141. The summed E-state index contributed by atoms with van der Waals surface area (Å²) in [4.78, 5) is 22.7. The Labute approximate surface area is 134 Å². The summed E-state index contributed by atoms with van der Waals surface area (Å²) in [5, 5.41) is 18.0. The van der Waals surface area contributed by atoms with E-state index in [1.165, 1.54) is 4.68 Å². The van der Waals surface area contributed by atoms with Crippen LogP contribution >= 0.6 is 0 Å². The average Bonchev–Trinajstić information content (AvgIpc) is 2.75. The van der Waals surface area contributed by atoms with Crippen molar-refractivity contribution in [2.24, 2.45) is 0 Å². The summed E-state index contributed by atoms with van der Waals surface area (Å²) in [7, 11) is 0. The van der Waals surface area contributed by atoms with Gasteiger partial charge in [-0.3, -0.25) is 19.6 Å². The van der Waals surface area contributed by atoms with E-state index in [1.807, 2.05) is 32.0 Å². The summed E-state index contributed by atoms with van der Waals surface area (Å²) in [6.07, 6.45) is 0.201. The lowest BCUT2D eigenvalue weighted by molar-refractivity contribution is -0.386. The number of nitrogens with one attached hydrogen (secondary N) is 1. The number of aromatic nitrogens is 2. The molecular formula is C16H20N4O3. The first-order valence-corrected chi connectivity index (χ1v) is 7.35. The molecule has 0 saturated heterocycles. The van der Waals surface area contributed by atoms with Gasteiger partial charge in [0.15, 0.2) is 0 Å². The monoisotopic (exact) mass is 316 g/mol. The van der Waals surface area contributed by atoms with Crippen molar-refractivity contribution in [3.8, 4) is 0 Å². The molecular weight excluding hydrogens is 296 g/mol. The van der Waals surface area contributed by atoms with Crippen molar-refractivity contribution in [1.29, 1.82) is 0 Å². The van der Waals surface area contributed by atoms with Crippen molar-refractivity contribution in [2.75, 3.05) is 5.32 Å². The molecule has 0 saturated carbocycles. The molecule has 1 aromatic heterocycles. The zero-order valence-electron chi connectivity index (χ0n) is 13.7. The molecule has 1 heterocycles. The summed E-state index contributed by atoms with van der Waals surface area (Å²) >= 11 is 0. The molecule has 0 atom stereocenters. The second-order valence-electron chi connectivity index (χ2n) is 5.56. The lowest BCUT2D eigenvalue weighted by Gasteiger charge is -2.11. The highest BCUT2D eigenvalue weighted by atomic mass is 16.6. The summed E-state index contributed by atoms with van der Waals surface area (Å²) in [5.41, 5.74) is 3.66. The maximum atomic E-state index is 12.1. The standard InChI is InChI=1S/C16H20N4O3/c1-10-6-5-7-11(2)15(10)17-14(21)8-9-19-13(4)16(20(22)23)12(3)18-19/h5-7H,8-9H2,1-4H3,(H,17,21). The van der Waals surface area contributed by atoms with Crippen LogP contribution in [0.5, 0.6) is 0 Å². The maximum absolute atomic E-state index is 12.1. The molecule has 0 radical (unpaired) electrons. The van der Waals surface area contributed by atoms with Gasteiger partial charge < -0.3 is 5.32 Å². The highest BCUT2D eigenvalue weighted by Crippen LogP contribution is 2.22. The van der Waals surface area contributed by atoms with Crippen LogP contribution in [0.15, 0.2) is 18.2 Å². The molecule has 1 N–H and O–H groups in total. The minimum Gasteiger partial charge on any atom is -0.326 e. The number of carbonyl (C=O) groups is 1. The Bertz CT molecular complexity index is 745. The maximum Gasteiger partial charge on any atom is 0.312 e. The van der Waals surface area contributed by atoms with Crippen LogP contribution in [0.2, 0.25) is 0 Å². The third-order valence-corrected chi connectivity index (χ3v) is 3.82. The highest BCUT2D eigenvalue weighted by Gasteiger charge is 2.21. The van der Waals surface area contributed by atoms with Crippen molar-refractivity contribution in [2.45, 2.75) is 40.7 Å². The molecule has 0 aliphatic rings. The quantitative estimate of drug-likeness (QED) is 0.678. The summed E-state index contributed by atoms with van der Waals surface area (Å²) in [6, 6.07) is 5.81. The number of nitro groups is 1. The van der Waals surface area contributed by atoms with Gasteiger partial charge in [0, 0.05) is 12.1 Å². The van der Waals surface area contributed by atoms with Gasteiger partial charge in [0.1, 0.15) is 11.4 Å². The molecule has 0 fully saturated rings. The number of hydrogen-bond acceptors (Lipinski definition) is 4. The van der Waals surface area contributed by atoms with E-state index in [2.05, 4.69) is 10.4 Å². The molecule has 0 spiro atoms. The summed E-state index contributed by atoms with van der Waals surface area (Å²) in [6.45, 7) is 7.41. The topological polar surface area (TPSA) is 90.1 Å². The third-order valence-electron chi connectivity index (χ3n) is 3.82. The van der Waals surface area contributed by atoms with Gasteiger partial charge in [-0.2, -0.15) is 5.10 Å². The van der Waals surface area contributed by atoms with Crippen LogP contribution in [-0.2, 0) is 11.3 Å². The van der Waals surface area contributed by atoms with Gasteiger partial charge in [0.25, 0.3) is 0 Å². The third kappa shape index (κ3) is 3.56. The largest absolute Gasteiger partial charge is 0.326 e. The molecule has 7 heteroatoms. The van der Waals surface area contributed by atoms with E-state index in [4.69, 9.17) is 0 Å². The molecule has 2 rings (SSSR count). The number of anilines is 1. The second kappa shape index (κ2) is 6.60. The first kappa shape index (κ1) is 16.7. The van der Waals surface area contributed by atoms with Crippen molar-refractivity contribution in [3.63, 3.8) is 0 Å². The number of hydrogen-bond donors (Lipinski definition) is 1. The number of aryl methyl sites for hydroxylation is 4. The molecule has 1 aromatic carbocycles. The van der Waals surface area contributed by atoms with Crippen LogP contribution in [0.4, 0.5) is 11.4 Å². The summed E-state index contributed by atoms with van der Waals surface area (Å²) < 4.78 is 1.51. The van der Waals surface area contributed by atoms with E-state index in [-0.39, 0.29) is 18.0 Å². The second-order valence-corrected chi connectivity index (χ2v) is 5.56. The number of nitrogens with zero attached hydrogens (tertiary/aromatic N) is 3. The molecule has 0 unspecified atom stereocenters. The number of para-hydroxylation sites is 1. The smallest absolute Gasteiger partial charge is 0.312 e. The number of amides is 1. The Morgan fingerprint density at radius 3 is 2.39 bits per heavy atom. The Morgan fingerprint density at radius 2 is 1.87 bits per heavy atom. The van der Waals surface area contributed by atoms with Crippen molar-refractivity contribution in [3.05, 3.63) is 50.8 Å². The Morgan fingerprint density at radius 1 is 1.26 bits per heavy atom. The van der Waals surface area contributed by atoms with Crippen molar-refractivity contribution in [1.82, 2.24) is 9.78 Å². The minimum absolute atomic E-state index is 0.0140. The lowest BCUT2D eigenvalue weighted by atomic mass is 10.1. The normalized spacial score (nSPS) is 10.6. The van der Waals surface area contributed by atoms with E-state index >= 15 is 0 Å². The fraction of sp³-hybridized carbons (Fsp3) is 0.375. The lowest BCUT2D eigenvalue weighted by Crippen LogP contribution is -2.17. The predicted molar refractivity (Wildman–Crippen MR) is 87.5 cm³/mol. The first-order valence-electron chi connectivity index (χ1n) is 7.35. The highest BCUT2D eigenvalue weighted by molar-refractivity contribution is 5.92. The Balaban J connectivity index is 2.06. The molecule has 2 aromatic rings. The van der Waals surface area contributed by atoms with Gasteiger partial charge >= 0.3 is 5.69 Å². The SMILES string of the molecule is Cc1cccc(C)c1NC(=O)CCn1nc(C)c([N+](=O)[O-])c1C. The molecule has 7 nitrogen and oxygen atoms in total. The van der Waals surface area contributed by atoms with E-state index in [0.29, 0.717) is 17.9 Å². The van der Waals surface area contributed by atoms with Crippen LogP contribution < -0.4 is 5.32 Å². The van der Waals surface area contributed by atoms with Gasteiger partial charge in [-0.1, -0.05) is 18.2 Å². The van der Waals surface area contributed by atoms with Gasteiger partial charge in [0.05, 0.1) is 11.5 Å². The average molecular weight is 316 g/mol. The molecule has 0 aliphatic carbocycles. The van der Waals surface area contributed by atoms with Gasteiger partial charge in [-0.15, -0.1) is 0 Å². The van der Waals surface area contributed by atoms with Gasteiger partial charge in [-0.05, 0) is 38.8 Å². The fourth-order valence-electron chi connectivity index (χ4n) is 2.59. The van der Waals surface area contributed by atoms with E-state index in [1.54, 1.807) is 13.8 Å². The van der Waals surface area contributed by atoms with E-state index in [9.17, 15) is 14.9 Å². The number of carbonyl (C=O) groups excluding carboxylic acids is 1. The molecule has 0 bridgehead atoms. The zero-order chi connectivity index (χ0) is 17.1. The van der Waals surface area contributed by atoms with Crippen LogP contribution in [0.25, 0.3) is 0 Å². The predicted octanol–water partition coefficient (Wildman–Crippen LogP) is 3.05. The van der Waals surface area contributed by atoms with Crippen LogP contribution in [0.3, 0.4) is 0 Å².